The Labute approximate surface area is 90.4 Å². The lowest BCUT2D eigenvalue weighted by atomic mass is 10.3. The quantitative estimate of drug-likeness (QED) is 0.476. The van der Waals surface area contributed by atoms with Crippen molar-refractivity contribution >= 4 is 48.1 Å². The molecule has 1 heterocycles. The Bertz CT molecular complexity index is 567. The van der Waals surface area contributed by atoms with E-state index in [9.17, 15) is 0 Å². The van der Waals surface area contributed by atoms with Crippen LogP contribution in [0.5, 0.6) is 0 Å². The summed E-state index contributed by atoms with van der Waals surface area (Å²) in [5.41, 5.74) is 1.82. The molecule has 2 aromatic rings. The van der Waals surface area contributed by atoms with Crippen molar-refractivity contribution in [1.29, 1.82) is 0 Å². The molecule has 0 spiro atoms. The molecular weight excluding hydrogens is 220 g/mol. The van der Waals surface area contributed by atoms with Gasteiger partial charge in [-0.1, -0.05) is 30.5 Å². The molecule has 2 rings (SSSR count). The SMILES string of the molecule is S=c1[nH]c2cccc(S)c2[nH]c1=S. The summed E-state index contributed by atoms with van der Waals surface area (Å²) in [6, 6.07) is 5.73. The number of fused-ring (bicyclic) bond motifs is 1. The molecule has 1 aromatic heterocycles. The molecular formula is C8H6N2S3. The molecule has 0 radical (unpaired) electrons. The van der Waals surface area contributed by atoms with Gasteiger partial charge in [-0.2, -0.15) is 0 Å². The van der Waals surface area contributed by atoms with Gasteiger partial charge in [-0.05, 0) is 12.1 Å². The summed E-state index contributed by atoms with van der Waals surface area (Å²) < 4.78 is 1.10. The lowest BCUT2D eigenvalue weighted by molar-refractivity contribution is 1.22. The van der Waals surface area contributed by atoms with E-state index in [1.165, 1.54) is 0 Å². The van der Waals surface area contributed by atoms with Crippen molar-refractivity contribution in [3.8, 4) is 0 Å². The zero-order chi connectivity index (χ0) is 9.42. The van der Waals surface area contributed by atoms with Crippen LogP contribution in [-0.4, -0.2) is 9.97 Å². The van der Waals surface area contributed by atoms with Crippen molar-refractivity contribution in [1.82, 2.24) is 9.97 Å². The zero-order valence-corrected chi connectivity index (χ0v) is 9.02. The first-order valence-corrected chi connectivity index (χ1v) is 4.89. The van der Waals surface area contributed by atoms with E-state index >= 15 is 0 Å². The summed E-state index contributed by atoms with van der Waals surface area (Å²) in [6.07, 6.45) is 0. The van der Waals surface area contributed by atoms with E-state index in [0.29, 0.717) is 9.28 Å². The fraction of sp³-hybridized carbons (Fsp3) is 0. The first kappa shape index (κ1) is 8.93. The Kier molecular flexibility index (Phi) is 2.23. The molecule has 0 aliphatic rings. The summed E-state index contributed by atoms with van der Waals surface area (Å²) in [5.74, 6) is 0. The predicted octanol–water partition coefficient (Wildman–Crippen LogP) is 3.24. The van der Waals surface area contributed by atoms with Crippen LogP contribution < -0.4 is 0 Å². The summed E-state index contributed by atoms with van der Waals surface area (Å²) in [6.45, 7) is 0. The average Bonchev–Trinajstić information content (AvgIpc) is 2.09. The number of nitrogens with one attached hydrogen (secondary N) is 2. The Morgan fingerprint density at radius 2 is 1.77 bits per heavy atom. The number of benzene rings is 1. The Hall–Kier alpha value is -0.650. The first-order chi connectivity index (χ1) is 6.18. The monoisotopic (exact) mass is 226 g/mol. The van der Waals surface area contributed by atoms with Gasteiger partial charge in [-0.25, -0.2) is 0 Å². The molecule has 66 valence electrons. The number of rotatable bonds is 0. The average molecular weight is 226 g/mol. The number of para-hydroxylation sites is 1. The Morgan fingerprint density at radius 3 is 2.54 bits per heavy atom. The molecule has 0 fully saturated rings. The van der Waals surface area contributed by atoms with Crippen LogP contribution in [0, 0.1) is 9.28 Å². The van der Waals surface area contributed by atoms with Gasteiger partial charge in [0.1, 0.15) is 9.28 Å². The number of hydrogen-bond donors (Lipinski definition) is 3. The van der Waals surface area contributed by atoms with Crippen molar-refractivity contribution in [3.63, 3.8) is 0 Å². The molecule has 2 N–H and O–H groups in total. The molecule has 0 amide bonds. The minimum Gasteiger partial charge on any atom is -0.342 e. The molecule has 0 atom stereocenters. The van der Waals surface area contributed by atoms with Crippen LogP contribution in [0.15, 0.2) is 23.1 Å². The Balaban J connectivity index is 3.06. The summed E-state index contributed by atoms with van der Waals surface area (Å²) >= 11 is 14.3. The van der Waals surface area contributed by atoms with Crippen molar-refractivity contribution < 1.29 is 0 Å². The van der Waals surface area contributed by atoms with Gasteiger partial charge >= 0.3 is 0 Å². The standard InChI is InChI=1S/C8H6N2S3/c11-5-3-1-2-4-6(5)10-8(13)7(12)9-4/h1-3,11H,(H,9,12)(H,10,13). The van der Waals surface area contributed by atoms with Crippen LogP contribution in [0.2, 0.25) is 0 Å². The maximum atomic E-state index is 5.02. The highest BCUT2D eigenvalue weighted by atomic mass is 32.1. The number of H-pyrrole nitrogens is 2. The fourth-order valence-corrected chi connectivity index (χ4v) is 1.70. The highest BCUT2D eigenvalue weighted by molar-refractivity contribution is 7.80. The summed E-state index contributed by atoms with van der Waals surface area (Å²) in [7, 11) is 0. The van der Waals surface area contributed by atoms with E-state index in [2.05, 4.69) is 22.6 Å². The molecule has 0 unspecified atom stereocenters. The van der Waals surface area contributed by atoms with Gasteiger partial charge in [0.2, 0.25) is 0 Å². The van der Waals surface area contributed by atoms with Crippen LogP contribution >= 0.6 is 37.1 Å². The zero-order valence-electron chi connectivity index (χ0n) is 6.50. The van der Waals surface area contributed by atoms with Gasteiger partial charge < -0.3 is 9.97 Å². The van der Waals surface area contributed by atoms with Gasteiger partial charge in [-0.15, -0.1) is 12.6 Å². The molecule has 0 saturated heterocycles. The smallest absolute Gasteiger partial charge is 0.138 e. The van der Waals surface area contributed by atoms with Crippen LogP contribution in [0.3, 0.4) is 0 Å². The van der Waals surface area contributed by atoms with Crippen LogP contribution in [-0.2, 0) is 0 Å². The van der Waals surface area contributed by atoms with Crippen molar-refractivity contribution in [2.45, 2.75) is 4.90 Å². The van der Waals surface area contributed by atoms with E-state index in [-0.39, 0.29) is 0 Å². The normalized spacial score (nSPS) is 10.5. The second kappa shape index (κ2) is 3.25. The molecule has 0 aliphatic heterocycles. The number of aromatic amines is 2. The van der Waals surface area contributed by atoms with Gasteiger partial charge in [-0.3, -0.25) is 0 Å². The van der Waals surface area contributed by atoms with Gasteiger partial charge in [0, 0.05) is 4.90 Å². The summed E-state index contributed by atoms with van der Waals surface area (Å²) in [5, 5.41) is 0. The van der Waals surface area contributed by atoms with Gasteiger partial charge in [0.25, 0.3) is 0 Å². The minimum absolute atomic E-state index is 0.545. The Morgan fingerprint density at radius 1 is 1.08 bits per heavy atom. The van der Waals surface area contributed by atoms with Crippen molar-refractivity contribution in [2.24, 2.45) is 0 Å². The maximum Gasteiger partial charge on any atom is 0.138 e. The van der Waals surface area contributed by atoms with E-state index in [1.54, 1.807) is 0 Å². The molecule has 0 saturated carbocycles. The first-order valence-electron chi connectivity index (χ1n) is 3.63. The molecule has 1 aromatic carbocycles. The number of hydrogen-bond acceptors (Lipinski definition) is 3. The second-order valence-electron chi connectivity index (χ2n) is 2.61. The molecule has 13 heavy (non-hydrogen) atoms. The van der Waals surface area contributed by atoms with E-state index in [0.717, 1.165) is 15.9 Å². The largest absolute Gasteiger partial charge is 0.342 e. The lowest BCUT2D eigenvalue weighted by Crippen LogP contribution is -1.86. The maximum absolute atomic E-state index is 5.02. The minimum atomic E-state index is 0.545. The number of aromatic nitrogens is 2. The molecule has 0 aliphatic carbocycles. The third-order valence-electron chi connectivity index (χ3n) is 1.74. The summed E-state index contributed by atoms with van der Waals surface area (Å²) in [4.78, 5) is 6.91. The molecule has 2 nitrogen and oxygen atoms in total. The second-order valence-corrected chi connectivity index (χ2v) is 3.91. The fourth-order valence-electron chi connectivity index (χ4n) is 1.13. The van der Waals surface area contributed by atoms with E-state index in [4.69, 9.17) is 24.4 Å². The predicted molar refractivity (Wildman–Crippen MR) is 61.6 cm³/mol. The highest BCUT2D eigenvalue weighted by Crippen LogP contribution is 2.17. The van der Waals surface area contributed by atoms with Crippen molar-refractivity contribution in [2.75, 3.05) is 0 Å². The third-order valence-corrected chi connectivity index (χ3v) is 2.85. The molecule has 5 heteroatoms. The highest BCUT2D eigenvalue weighted by Gasteiger charge is 1.97. The molecule has 0 bridgehead atoms. The van der Waals surface area contributed by atoms with Crippen molar-refractivity contribution in [3.05, 3.63) is 27.5 Å². The lowest BCUT2D eigenvalue weighted by Gasteiger charge is -2.00. The number of thiol groups is 1. The third kappa shape index (κ3) is 1.54. The topological polar surface area (TPSA) is 31.6 Å². The van der Waals surface area contributed by atoms with Gasteiger partial charge in [0.05, 0.1) is 11.0 Å². The van der Waals surface area contributed by atoms with Crippen LogP contribution in [0.25, 0.3) is 11.0 Å². The van der Waals surface area contributed by atoms with Gasteiger partial charge in [0.15, 0.2) is 0 Å². The van der Waals surface area contributed by atoms with Crippen LogP contribution in [0.4, 0.5) is 0 Å². The van der Waals surface area contributed by atoms with E-state index < -0.39 is 0 Å². The van der Waals surface area contributed by atoms with E-state index in [1.807, 2.05) is 18.2 Å². The van der Waals surface area contributed by atoms with Crippen LogP contribution in [0.1, 0.15) is 0 Å².